The van der Waals surface area contributed by atoms with E-state index in [0.29, 0.717) is 17.5 Å². The number of hydrogen-bond donors (Lipinski definition) is 0. The van der Waals surface area contributed by atoms with Gasteiger partial charge in [-0.15, -0.1) is 0 Å². The van der Waals surface area contributed by atoms with Crippen LogP contribution in [0.5, 0.6) is 11.5 Å². The fraction of sp³-hybridized carbons (Fsp3) is 0.0588. The van der Waals surface area contributed by atoms with Crippen molar-refractivity contribution in [2.24, 2.45) is 0 Å². The van der Waals surface area contributed by atoms with E-state index in [1.54, 1.807) is 6.08 Å². The summed E-state index contributed by atoms with van der Waals surface area (Å²) < 4.78 is 15.9. The lowest BCUT2D eigenvalue weighted by molar-refractivity contribution is 0.174. The summed E-state index contributed by atoms with van der Waals surface area (Å²) in [6.07, 6.45) is 3.72. The average Bonchev–Trinajstić information content (AvgIpc) is 3.22. The van der Waals surface area contributed by atoms with Gasteiger partial charge in [0, 0.05) is 11.6 Å². The van der Waals surface area contributed by atoms with Crippen molar-refractivity contribution in [2.45, 2.75) is 0 Å². The first-order chi connectivity index (χ1) is 10.9. The number of fused-ring (bicyclic) bond motifs is 1. The van der Waals surface area contributed by atoms with Crippen LogP contribution in [0.2, 0.25) is 0 Å². The molecule has 0 N–H and O–H groups in total. The Morgan fingerprint density at radius 3 is 2.68 bits per heavy atom. The number of ether oxygens (including phenoxy) is 2. The summed E-state index contributed by atoms with van der Waals surface area (Å²) >= 11 is 0. The van der Waals surface area contributed by atoms with Gasteiger partial charge in [-0.05, 0) is 29.8 Å². The van der Waals surface area contributed by atoms with Gasteiger partial charge in [0.1, 0.15) is 0 Å². The third-order valence-corrected chi connectivity index (χ3v) is 3.29. The van der Waals surface area contributed by atoms with Crippen LogP contribution in [0.1, 0.15) is 11.5 Å². The normalized spacial score (nSPS) is 12.9. The van der Waals surface area contributed by atoms with Gasteiger partial charge in [-0.2, -0.15) is 4.98 Å². The Bertz CT molecular complexity index is 825. The van der Waals surface area contributed by atoms with Crippen molar-refractivity contribution in [3.63, 3.8) is 0 Å². The number of aromatic nitrogens is 2. The van der Waals surface area contributed by atoms with Crippen LogP contribution >= 0.6 is 0 Å². The predicted octanol–water partition coefficient (Wildman–Crippen LogP) is 3.64. The highest BCUT2D eigenvalue weighted by Gasteiger charge is 2.16. The zero-order valence-electron chi connectivity index (χ0n) is 11.6. The SMILES string of the molecule is C(=Cc1nc(-c2ccc3c(c2)OCO3)no1)c1ccccc1. The van der Waals surface area contributed by atoms with Crippen molar-refractivity contribution in [1.82, 2.24) is 10.1 Å². The Morgan fingerprint density at radius 1 is 0.909 bits per heavy atom. The maximum absolute atomic E-state index is 5.35. The lowest BCUT2D eigenvalue weighted by Gasteiger charge is -1.97. The molecule has 2 heterocycles. The fourth-order valence-corrected chi connectivity index (χ4v) is 2.19. The maximum Gasteiger partial charge on any atom is 0.250 e. The molecule has 1 aromatic heterocycles. The molecule has 0 aliphatic carbocycles. The molecule has 0 radical (unpaired) electrons. The van der Waals surface area contributed by atoms with E-state index in [1.165, 1.54) is 0 Å². The van der Waals surface area contributed by atoms with Crippen LogP contribution in [0.25, 0.3) is 23.5 Å². The van der Waals surface area contributed by atoms with E-state index >= 15 is 0 Å². The molecule has 0 saturated heterocycles. The molecular weight excluding hydrogens is 280 g/mol. The quantitative estimate of drug-likeness (QED) is 0.737. The van der Waals surface area contributed by atoms with Crippen LogP contribution < -0.4 is 9.47 Å². The lowest BCUT2D eigenvalue weighted by Crippen LogP contribution is -1.92. The van der Waals surface area contributed by atoms with Gasteiger partial charge in [-0.3, -0.25) is 0 Å². The summed E-state index contributed by atoms with van der Waals surface area (Å²) in [6.45, 7) is 0.246. The van der Waals surface area contributed by atoms with Crippen LogP contribution in [-0.4, -0.2) is 16.9 Å². The van der Waals surface area contributed by atoms with Crippen LogP contribution in [-0.2, 0) is 0 Å². The molecule has 3 aromatic rings. The van der Waals surface area contributed by atoms with E-state index in [-0.39, 0.29) is 6.79 Å². The van der Waals surface area contributed by atoms with Gasteiger partial charge in [0.2, 0.25) is 12.6 Å². The largest absolute Gasteiger partial charge is 0.454 e. The second-order valence-electron chi connectivity index (χ2n) is 4.77. The van der Waals surface area contributed by atoms with E-state index in [9.17, 15) is 0 Å². The van der Waals surface area contributed by atoms with Gasteiger partial charge in [0.15, 0.2) is 11.5 Å². The zero-order chi connectivity index (χ0) is 14.8. The van der Waals surface area contributed by atoms with Crippen molar-refractivity contribution in [3.05, 3.63) is 60.0 Å². The second-order valence-corrected chi connectivity index (χ2v) is 4.77. The molecule has 108 valence electrons. The van der Waals surface area contributed by atoms with Gasteiger partial charge < -0.3 is 14.0 Å². The van der Waals surface area contributed by atoms with Crippen LogP contribution in [0, 0.1) is 0 Å². The van der Waals surface area contributed by atoms with Crippen LogP contribution in [0.3, 0.4) is 0 Å². The van der Waals surface area contributed by atoms with Crippen LogP contribution in [0.4, 0.5) is 0 Å². The standard InChI is InChI=1S/C17H12N2O3/c1-2-4-12(5-3-1)6-9-16-18-17(19-22-16)13-7-8-14-15(10-13)21-11-20-14/h1-10H,11H2. The van der Waals surface area contributed by atoms with E-state index in [2.05, 4.69) is 10.1 Å². The minimum Gasteiger partial charge on any atom is -0.454 e. The van der Waals surface area contributed by atoms with E-state index < -0.39 is 0 Å². The summed E-state index contributed by atoms with van der Waals surface area (Å²) in [4.78, 5) is 4.36. The molecule has 5 heteroatoms. The molecule has 0 bridgehead atoms. The minimum absolute atomic E-state index is 0.246. The van der Waals surface area contributed by atoms with Crippen molar-refractivity contribution >= 4 is 12.2 Å². The third kappa shape index (κ3) is 2.44. The molecule has 0 spiro atoms. The lowest BCUT2D eigenvalue weighted by atomic mass is 10.2. The third-order valence-electron chi connectivity index (χ3n) is 3.29. The molecule has 1 aliphatic rings. The zero-order valence-corrected chi connectivity index (χ0v) is 11.6. The molecule has 5 nitrogen and oxygen atoms in total. The summed E-state index contributed by atoms with van der Waals surface area (Å²) in [5.74, 6) is 2.41. The van der Waals surface area contributed by atoms with Crippen LogP contribution in [0.15, 0.2) is 53.1 Å². The molecule has 1 aliphatic heterocycles. The van der Waals surface area contributed by atoms with Gasteiger partial charge >= 0.3 is 0 Å². The Balaban J connectivity index is 1.58. The molecule has 0 amide bonds. The predicted molar refractivity (Wildman–Crippen MR) is 81.2 cm³/mol. The number of hydrogen-bond acceptors (Lipinski definition) is 5. The summed E-state index contributed by atoms with van der Waals surface area (Å²) in [6, 6.07) is 15.5. The Hall–Kier alpha value is -3.08. The molecule has 0 saturated carbocycles. The first-order valence-electron chi connectivity index (χ1n) is 6.85. The number of rotatable bonds is 3. The summed E-state index contributed by atoms with van der Waals surface area (Å²) in [5.41, 5.74) is 1.90. The molecule has 0 fully saturated rings. The first kappa shape index (κ1) is 12.6. The molecule has 2 aromatic carbocycles. The Kier molecular flexibility index (Phi) is 3.08. The second kappa shape index (κ2) is 5.37. The molecule has 0 unspecified atom stereocenters. The van der Waals surface area contributed by atoms with Crippen molar-refractivity contribution in [2.75, 3.05) is 6.79 Å². The molecule has 4 rings (SSSR count). The highest BCUT2D eigenvalue weighted by molar-refractivity contribution is 5.67. The van der Waals surface area contributed by atoms with Gasteiger partial charge in [0.25, 0.3) is 5.89 Å². The highest BCUT2D eigenvalue weighted by atomic mass is 16.7. The average molecular weight is 292 g/mol. The highest BCUT2D eigenvalue weighted by Crippen LogP contribution is 2.35. The van der Waals surface area contributed by atoms with E-state index in [0.717, 1.165) is 16.9 Å². The smallest absolute Gasteiger partial charge is 0.250 e. The Morgan fingerprint density at radius 2 is 1.77 bits per heavy atom. The summed E-state index contributed by atoms with van der Waals surface area (Å²) in [7, 11) is 0. The van der Waals surface area contributed by atoms with Gasteiger partial charge in [0.05, 0.1) is 0 Å². The first-order valence-corrected chi connectivity index (χ1v) is 6.85. The topological polar surface area (TPSA) is 57.4 Å². The van der Waals surface area contributed by atoms with E-state index in [4.69, 9.17) is 14.0 Å². The minimum atomic E-state index is 0.246. The van der Waals surface area contributed by atoms with E-state index in [1.807, 2.05) is 54.6 Å². The van der Waals surface area contributed by atoms with Crippen molar-refractivity contribution < 1.29 is 14.0 Å². The molecule has 0 atom stereocenters. The molecule has 22 heavy (non-hydrogen) atoms. The number of nitrogens with zero attached hydrogens (tertiary/aromatic N) is 2. The van der Waals surface area contributed by atoms with Gasteiger partial charge in [-0.25, -0.2) is 0 Å². The number of benzene rings is 2. The Labute approximate surface area is 126 Å². The maximum atomic E-state index is 5.35. The van der Waals surface area contributed by atoms with Crippen molar-refractivity contribution in [1.29, 1.82) is 0 Å². The van der Waals surface area contributed by atoms with Crippen molar-refractivity contribution in [3.8, 4) is 22.9 Å². The summed E-state index contributed by atoms with van der Waals surface area (Å²) in [5, 5.41) is 3.99. The molecular formula is C17H12N2O3. The fourth-order valence-electron chi connectivity index (χ4n) is 2.19. The van der Waals surface area contributed by atoms with Gasteiger partial charge in [-0.1, -0.05) is 35.5 Å². The monoisotopic (exact) mass is 292 g/mol.